The molecule has 1 heterocycles. The zero-order chi connectivity index (χ0) is 27.4. The molecular weight excluding hydrogens is 462 g/mol. The average molecular weight is 498 g/mol. The maximum Gasteiger partial charge on any atom is 0.255 e. The Morgan fingerprint density at radius 3 is 2.27 bits per heavy atom. The van der Waals surface area contributed by atoms with Crippen LogP contribution in [-0.2, 0) is 10.2 Å². The molecular formula is C31H35N3O3. The van der Waals surface area contributed by atoms with E-state index in [2.05, 4.69) is 16.4 Å². The van der Waals surface area contributed by atoms with E-state index in [0.717, 1.165) is 22.4 Å². The molecule has 0 aliphatic rings. The molecule has 0 fully saturated rings. The highest BCUT2D eigenvalue weighted by molar-refractivity contribution is 6.04. The van der Waals surface area contributed by atoms with Gasteiger partial charge in [0, 0.05) is 28.7 Å². The molecule has 37 heavy (non-hydrogen) atoms. The van der Waals surface area contributed by atoms with Gasteiger partial charge in [-0.1, -0.05) is 53.7 Å². The summed E-state index contributed by atoms with van der Waals surface area (Å²) in [5.74, 6) is 0.555. The number of Topliss-reactive ketones (excluding diaryl/α,β-unsaturated/α-hetero) is 1. The number of aromatic nitrogens is 1. The van der Waals surface area contributed by atoms with Crippen molar-refractivity contribution in [2.75, 3.05) is 11.9 Å². The molecule has 0 radical (unpaired) electrons. The van der Waals surface area contributed by atoms with E-state index in [-0.39, 0.29) is 22.5 Å². The van der Waals surface area contributed by atoms with Crippen molar-refractivity contribution >= 4 is 17.4 Å². The number of nitrogens with one attached hydrogen (secondary N) is 1. The molecule has 1 amide bonds. The lowest BCUT2D eigenvalue weighted by molar-refractivity contribution is -0.126. The third-order valence-electron chi connectivity index (χ3n) is 6.13. The lowest BCUT2D eigenvalue weighted by atomic mass is 9.85. The van der Waals surface area contributed by atoms with Crippen LogP contribution in [0.4, 0.5) is 5.69 Å². The van der Waals surface area contributed by atoms with Gasteiger partial charge in [-0.3, -0.25) is 14.6 Å². The Kier molecular flexibility index (Phi) is 8.18. The minimum Gasteiger partial charge on any atom is -0.493 e. The fraction of sp³-hybridized carbons (Fsp3) is 0.355. The van der Waals surface area contributed by atoms with E-state index in [1.165, 1.54) is 0 Å². The van der Waals surface area contributed by atoms with E-state index in [4.69, 9.17) is 4.74 Å². The fourth-order valence-corrected chi connectivity index (χ4v) is 3.72. The fourth-order valence-electron chi connectivity index (χ4n) is 3.72. The number of hydrogen-bond acceptors (Lipinski definition) is 5. The van der Waals surface area contributed by atoms with Crippen LogP contribution in [0.5, 0.6) is 5.75 Å². The number of carbonyl (C=O) groups is 2. The van der Waals surface area contributed by atoms with Crippen LogP contribution in [0.2, 0.25) is 0 Å². The molecule has 0 bridgehead atoms. The Bertz CT molecular complexity index is 1340. The first-order valence-electron chi connectivity index (χ1n) is 12.4. The second kappa shape index (κ2) is 11.0. The topological polar surface area (TPSA) is 92.1 Å². The minimum absolute atomic E-state index is 0.165. The van der Waals surface area contributed by atoms with Gasteiger partial charge in [-0.05, 0) is 59.9 Å². The van der Waals surface area contributed by atoms with E-state index in [0.29, 0.717) is 35.6 Å². The van der Waals surface area contributed by atoms with Crippen molar-refractivity contribution in [3.63, 3.8) is 0 Å². The Labute approximate surface area is 219 Å². The summed E-state index contributed by atoms with van der Waals surface area (Å²) in [6.07, 6.45) is 1.99. The lowest BCUT2D eigenvalue weighted by Crippen LogP contribution is -2.22. The largest absolute Gasteiger partial charge is 0.493 e. The van der Waals surface area contributed by atoms with Crippen LogP contribution in [0.3, 0.4) is 0 Å². The maximum absolute atomic E-state index is 13.1. The first-order chi connectivity index (χ1) is 17.3. The summed E-state index contributed by atoms with van der Waals surface area (Å²) in [4.78, 5) is 29.6. The summed E-state index contributed by atoms with van der Waals surface area (Å²) in [6, 6.07) is 16.9. The highest BCUT2D eigenvalue weighted by Gasteiger charge is 2.21. The number of anilines is 1. The first-order valence-corrected chi connectivity index (χ1v) is 12.4. The first kappa shape index (κ1) is 27.6. The second-order valence-electron chi connectivity index (χ2n) is 11.3. The number of carbonyl (C=O) groups excluding carboxylic acids is 2. The van der Waals surface area contributed by atoms with Crippen molar-refractivity contribution in [2.24, 2.45) is 5.41 Å². The molecule has 0 unspecified atom stereocenters. The molecule has 0 aliphatic carbocycles. The van der Waals surface area contributed by atoms with Gasteiger partial charge in [-0.2, -0.15) is 5.26 Å². The zero-order valence-corrected chi connectivity index (χ0v) is 22.7. The molecule has 0 atom stereocenters. The van der Waals surface area contributed by atoms with Gasteiger partial charge in [0.2, 0.25) is 0 Å². The van der Waals surface area contributed by atoms with Gasteiger partial charge >= 0.3 is 0 Å². The number of aryl methyl sites for hydroxylation is 1. The Balaban J connectivity index is 1.75. The molecule has 6 nitrogen and oxygen atoms in total. The Morgan fingerprint density at radius 2 is 1.68 bits per heavy atom. The van der Waals surface area contributed by atoms with Crippen LogP contribution in [-0.4, -0.2) is 23.3 Å². The van der Waals surface area contributed by atoms with E-state index >= 15 is 0 Å². The number of pyridine rings is 1. The number of nitrogens with zero attached hydrogens (tertiary/aromatic N) is 2. The van der Waals surface area contributed by atoms with Crippen molar-refractivity contribution in [1.29, 1.82) is 5.26 Å². The summed E-state index contributed by atoms with van der Waals surface area (Å²) in [7, 11) is 0. The maximum atomic E-state index is 13.1. The number of hydrogen-bond donors (Lipinski definition) is 1. The van der Waals surface area contributed by atoms with Gasteiger partial charge in [0.05, 0.1) is 30.1 Å². The van der Waals surface area contributed by atoms with E-state index in [1.807, 2.05) is 90.9 Å². The lowest BCUT2D eigenvalue weighted by Gasteiger charge is -2.20. The quantitative estimate of drug-likeness (QED) is 0.385. The van der Waals surface area contributed by atoms with Gasteiger partial charge in [-0.15, -0.1) is 0 Å². The van der Waals surface area contributed by atoms with Crippen LogP contribution < -0.4 is 10.1 Å². The van der Waals surface area contributed by atoms with Crippen LogP contribution in [0.15, 0.2) is 54.7 Å². The Hall–Kier alpha value is -3.98. The molecule has 0 saturated carbocycles. The van der Waals surface area contributed by atoms with E-state index < -0.39 is 0 Å². The van der Waals surface area contributed by atoms with Crippen LogP contribution in [0, 0.1) is 23.7 Å². The predicted molar refractivity (Wildman–Crippen MR) is 147 cm³/mol. The number of nitriles is 1. The normalized spacial score (nSPS) is 11.5. The number of benzene rings is 2. The van der Waals surface area contributed by atoms with E-state index in [1.54, 1.807) is 12.3 Å². The molecule has 2 aromatic carbocycles. The molecule has 0 spiro atoms. The number of rotatable bonds is 7. The van der Waals surface area contributed by atoms with Crippen molar-refractivity contribution < 1.29 is 14.3 Å². The van der Waals surface area contributed by atoms with Crippen molar-refractivity contribution in [3.05, 3.63) is 77.1 Å². The molecule has 0 aliphatic heterocycles. The standard InChI is InChI=1S/C31H35N3O3/c1-20-27(22-8-10-26(11-9-22)37-13-12-28(35)31(5,6)7)17-25(19-33-20)34-29(36)23-14-21(18-32)15-24(16-23)30(2,3)4/h8-11,14-17,19H,12-13H2,1-7H3,(H,34,36). The van der Waals surface area contributed by atoms with Crippen molar-refractivity contribution in [2.45, 2.75) is 60.3 Å². The second-order valence-corrected chi connectivity index (χ2v) is 11.3. The number of ketones is 1. The van der Waals surface area contributed by atoms with E-state index in [9.17, 15) is 14.9 Å². The van der Waals surface area contributed by atoms with Crippen LogP contribution in [0.1, 0.15) is 75.1 Å². The SMILES string of the molecule is Cc1ncc(NC(=O)c2cc(C#N)cc(C(C)(C)C)c2)cc1-c1ccc(OCCC(=O)C(C)(C)C)cc1. The average Bonchev–Trinajstić information content (AvgIpc) is 2.84. The highest BCUT2D eigenvalue weighted by Crippen LogP contribution is 2.28. The van der Waals surface area contributed by atoms with Gasteiger partial charge in [-0.25, -0.2) is 0 Å². The zero-order valence-electron chi connectivity index (χ0n) is 22.7. The summed E-state index contributed by atoms with van der Waals surface area (Å²) < 4.78 is 5.75. The van der Waals surface area contributed by atoms with Crippen molar-refractivity contribution in [3.8, 4) is 22.9 Å². The molecule has 3 rings (SSSR count). The van der Waals surface area contributed by atoms with Gasteiger partial charge in [0.15, 0.2) is 0 Å². The highest BCUT2D eigenvalue weighted by atomic mass is 16.5. The predicted octanol–water partition coefficient (Wildman–Crippen LogP) is 6.86. The van der Waals surface area contributed by atoms with Crippen molar-refractivity contribution in [1.82, 2.24) is 4.98 Å². The number of ether oxygens (including phenoxy) is 1. The van der Waals surface area contributed by atoms with Gasteiger partial charge in [0.1, 0.15) is 11.5 Å². The van der Waals surface area contributed by atoms with Crippen LogP contribution >= 0.6 is 0 Å². The smallest absolute Gasteiger partial charge is 0.255 e. The monoisotopic (exact) mass is 497 g/mol. The van der Waals surface area contributed by atoms with Crippen LogP contribution in [0.25, 0.3) is 11.1 Å². The Morgan fingerprint density at radius 1 is 1.00 bits per heavy atom. The molecule has 3 aromatic rings. The summed E-state index contributed by atoms with van der Waals surface area (Å²) in [5, 5.41) is 12.3. The summed E-state index contributed by atoms with van der Waals surface area (Å²) >= 11 is 0. The molecule has 192 valence electrons. The molecule has 6 heteroatoms. The molecule has 1 N–H and O–H groups in total. The molecule has 1 aromatic heterocycles. The third-order valence-corrected chi connectivity index (χ3v) is 6.13. The number of amides is 1. The summed E-state index contributed by atoms with van der Waals surface area (Å²) in [6.45, 7) is 14.1. The summed E-state index contributed by atoms with van der Waals surface area (Å²) in [5.41, 5.74) is 4.43. The minimum atomic E-state index is -0.369. The van der Waals surface area contributed by atoms with Gasteiger partial charge in [0.25, 0.3) is 5.91 Å². The van der Waals surface area contributed by atoms with Gasteiger partial charge < -0.3 is 10.1 Å². The third kappa shape index (κ3) is 7.27. The molecule has 0 saturated heterocycles.